The molecule has 0 spiro atoms. The molecule has 2 unspecified atom stereocenters. The Bertz CT molecular complexity index is 341. The summed E-state index contributed by atoms with van der Waals surface area (Å²) >= 11 is 0. The Morgan fingerprint density at radius 1 is 1.50 bits per heavy atom. The lowest BCUT2D eigenvalue weighted by molar-refractivity contribution is 0.411. The second kappa shape index (κ2) is 3.30. The van der Waals surface area contributed by atoms with E-state index in [0.717, 1.165) is 12.8 Å². The Morgan fingerprint density at radius 2 is 2.21 bits per heavy atom. The summed E-state index contributed by atoms with van der Waals surface area (Å²) in [7, 11) is 0. The van der Waals surface area contributed by atoms with Crippen molar-refractivity contribution in [1.82, 2.24) is 9.78 Å². The van der Waals surface area contributed by atoms with Gasteiger partial charge in [-0.25, -0.2) is 4.68 Å². The van der Waals surface area contributed by atoms with E-state index >= 15 is 0 Å². The number of nitrogens with one attached hydrogen (secondary N) is 1. The minimum absolute atomic E-state index is 0.528. The van der Waals surface area contributed by atoms with Crippen molar-refractivity contribution >= 4 is 5.82 Å². The lowest BCUT2D eigenvalue weighted by Gasteiger charge is -2.28. The summed E-state index contributed by atoms with van der Waals surface area (Å²) in [6.07, 6.45) is 2.19. The number of aryl methyl sites for hydroxylation is 1. The number of rotatable bonds is 1. The zero-order chi connectivity index (χ0) is 10.3. The first-order valence-corrected chi connectivity index (χ1v) is 5.48. The number of anilines is 1. The van der Waals surface area contributed by atoms with E-state index < -0.39 is 0 Å². The third-order valence-electron chi connectivity index (χ3n) is 3.08. The largest absolute Gasteiger partial charge is 0.368 e. The van der Waals surface area contributed by atoms with E-state index in [2.05, 4.69) is 42.8 Å². The lowest BCUT2D eigenvalue weighted by atomic mass is 10.1. The molecule has 0 saturated carbocycles. The van der Waals surface area contributed by atoms with Gasteiger partial charge in [-0.15, -0.1) is 0 Å². The highest BCUT2D eigenvalue weighted by molar-refractivity contribution is 5.49. The van der Waals surface area contributed by atoms with Crippen LogP contribution in [0.2, 0.25) is 0 Å². The normalized spacial score (nSPS) is 25.7. The molecule has 2 rings (SSSR count). The molecule has 3 nitrogen and oxygen atoms in total. The van der Waals surface area contributed by atoms with Crippen molar-refractivity contribution in [2.45, 2.75) is 52.6 Å². The van der Waals surface area contributed by atoms with Crippen molar-refractivity contribution < 1.29 is 0 Å². The number of fused-ring (bicyclic) bond motifs is 1. The molecule has 0 aliphatic carbocycles. The molecule has 1 N–H and O–H groups in total. The van der Waals surface area contributed by atoms with Gasteiger partial charge in [0.25, 0.3) is 0 Å². The molecule has 1 aliphatic heterocycles. The van der Waals surface area contributed by atoms with Gasteiger partial charge in [-0.05, 0) is 33.6 Å². The van der Waals surface area contributed by atoms with Gasteiger partial charge in [0.05, 0.1) is 11.7 Å². The Balaban J connectivity index is 2.46. The minimum atomic E-state index is 0.528. The molecular formula is C11H19N3. The Hall–Kier alpha value is -0.990. The van der Waals surface area contributed by atoms with Crippen LogP contribution in [0.25, 0.3) is 0 Å². The quantitative estimate of drug-likeness (QED) is 0.742. The van der Waals surface area contributed by atoms with Crippen molar-refractivity contribution in [3.05, 3.63) is 11.3 Å². The maximum atomic E-state index is 4.64. The molecule has 0 radical (unpaired) electrons. The second-order valence-electron chi connectivity index (χ2n) is 4.35. The number of hydrogen-bond donors (Lipinski definition) is 1. The summed E-state index contributed by atoms with van der Waals surface area (Å²) in [5.74, 6) is 1.23. The summed E-state index contributed by atoms with van der Waals surface area (Å²) in [5, 5.41) is 8.15. The summed E-state index contributed by atoms with van der Waals surface area (Å²) in [4.78, 5) is 0. The zero-order valence-electron chi connectivity index (χ0n) is 9.46. The molecule has 1 aromatic rings. The van der Waals surface area contributed by atoms with Gasteiger partial charge in [0, 0.05) is 11.6 Å². The third kappa shape index (κ3) is 1.31. The Morgan fingerprint density at radius 3 is 2.86 bits per heavy atom. The van der Waals surface area contributed by atoms with Crippen molar-refractivity contribution in [2.24, 2.45) is 0 Å². The van der Waals surface area contributed by atoms with Crippen LogP contribution in [0.4, 0.5) is 5.82 Å². The molecule has 14 heavy (non-hydrogen) atoms. The molecule has 1 aliphatic rings. The minimum Gasteiger partial charge on any atom is -0.368 e. The molecule has 0 fully saturated rings. The first-order valence-electron chi connectivity index (χ1n) is 5.48. The number of aromatic nitrogens is 2. The van der Waals surface area contributed by atoms with Crippen LogP contribution in [0.3, 0.4) is 0 Å². The van der Waals surface area contributed by atoms with Crippen molar-refractivity contribution in [1.29, 1.82) is 0 Å². The molecular weight excluding hydrogens is 174 g/mol. The first-order chi connectivity index (χ1) is 6.63. The van der Waals surface area contributed by atoms with E-state index in [4.69, 9.17) is 0 Å². The van der Waals surface area contributed by atoms with Crippen LogP contribution in [0.5, 0.6) is 0 Å². The fraction of sp³-hybridized carbons (Fsp3) is 0.727. The predicted octanol–water partition coefficient (Wildman–Crippen LogP) is 2.52. The summed E-state index contributed by atoms with van der Waals surface area (Å²) in [5.41, 5.74) is 2.55. The van der Waals surface area contributed by atoms with E-state index in [9.17, 15) is 0 Å². The van der Waals surface area contributed by atoms with Crippen LogP contribution in [-0.4, -0.2) is 15.8 Å². The zero-order valence-corrected chi connectivity index (χ0v) is 9.46. The smallest absolute Gasteiger partial charge is 0.128 e. The summed E-state index contributed by atoms with van der Waals surface area (Å²) < 4.78 is 2.15. The number of hydrogen-bond acceptors (Lipinski definition) is 2. The molecule has 0 amide bonds. The maximum Gasteiger partial charge on any atom is 0.128 e. The maximum absolute atomic E-state index is 4.64. The van der Waals surface area contributed by atoms with E-state index in [1.54, 1.807) is 0 Å². The summed E-state index contributed by atoms with van der Waals surface area (Å²) in [6, 6.07) is 1.10. The third-order valence-corrected chi connectivity index (χ3v) is 3.08. The number of nitrogens with zero attached hydrogens (tertiary/aromatic N) is 2. The van der Waals surface area contributed by atoms with Crippen molar-refractivity contribution in [3.8, 4) is 0 Å². The van der Waals surface area contributed by atoms with E-state index in [1.807, 2.05) is 0 Å². The van der Waals surface area contributed by atoms with E-state index in [-0.39, 0.29) is 0 Å². The SMILES string of the molecule is CCc1nn2c(c1C)NC(C)CC2C. The van der Waals surface area contributed by atoms with Gasteiger partial charge in [-0.1, -0.05) is 6.92 Å². The Labute approximate surface area is 85.5 Å². The molecule has 1 aromatic heterocycles. The lowest BCUT2D eigenvalue weighted by Crippen LogP contribution is -2.29. The van der Waals surface area contributed by atoms with Crippen LogP contribution in [0.1, 0.15) is 44.5 Å². The van der Waals surface area contributed by atoms with Crippen LogP contribution in [0.15, 0.2) is 0 Å². The molecule has 0 bridgehead atoms. The van der Waals surface area contributed by atoms with Gasteiger partial charge in [-0.3, -0.25) is 0 Å². The molecule has 2 atom stereocenters. The molecule has 0 aromatic carbocycles. The topological polar surface area (TPSA) is 29.9 Å². The van der Waals surface area contributed by atoms with Crippen LogP contribution < -0.4 is 5.32 Å². The highest BCUT2D eigenvalue weighted by Crippen LogP contribution is 2.30. The standard InChI is InChI=1S/C11H19N3/c1-5-10-9(4)11-12-7(2)6-8(3)14(11)13-10/h7-8,12H,5-6H2,1-4H3. The highest BCUT2D eigenvalue weighted by atomic mass is 15.4. The van der Waals surface area contributed by atoms with Gasteiger partial charge >= 0.3 is 0 Å². The fourth-order valence-electron chi connectivity index (χ4n) is 2.30. The van der Waals surface area contributed by atoms with Gasteiger partial charge in [0.2, 0.25) is 0 Å². The fourth-order valence-corrected chi connectivity index (χ4v) is 2.30. The second-order valence-corrected chi connectivity index (χ2v) is 4.35. The average Bonchev–Trinajstić information content (AvgIpc) is 2.44. The van der Waals surface area contributed by atoms with Gasteiger partial charge in [0.1, 0.15) is 5.82 Å². The van der Waals surface area contributed by atoms with Crippen LogP contribution in [-0.2, 0) is 6.42 Å². The predicted molar refractivity (Wildman–Crippen MR) is 58.8 cm³/mol. The Kier molecular flexibility index (Phi) is 2.25. The molecule has 2 heterocycles. The monoisotopic (exact) mass is 193 g/mol. The summed E-state index contributed by atoms with van der Waals surface area (Å²) in [6.45, 7) is 8.80. The van der Waals surface area contributed by atoms with Crippen molar-refractivity contribution in [3.63, 3.8) is 0 Å². The van der Waals surface area contributed by atoms with Gasteiger partial charge < -0.3 is 5.32 Å². The van der Waals surface area contributed by atoms with Crippen molar-refractivity contribution in [2.75, 3.05) is 5.32 Å². The molecule has 78 valence electrons. The van der Waals surface area contributed by atoms with Gasteiger partial charge in [-0.2, -0.15) is 5.10 Å². The molecule has 0 saturated heterocycles. The van der Waals surface area contributed by atoms with Crippen LogP contribution >= 0.6 is 0 Å². The molecule has 3 heteroatoms. The van der Waals surface area contributed by atoms with Crippen LogP contribution in [0, 0.1) is 6.92 Å². The average molecular weight is 193 g/mol. The highest BCUT2D eigenvalue weighted by Gasteiger charge is 2.24. The first kappa shape index (κ1) is 9.56. The van der Waals surface area contributed by atoms with E-state index in [0.29, 0.717) is 12.1 Å². The van der Waals surface area contributed by atoms with E-state index in [1.165, 1.54) is 17.1 Å². The van der Waals surface area contributed by atoms with Gasteiger partial charge in [0.15, 0.2) is 0 Å².